The SMILES string of the molecule is Cc1ccc(OC(=O)C2CC2)c(C(C)(C)C)c1. The minimum absolute atomic E-state index is 0.00875. The van der Waals surface area contributed by atoms with Crippen LogP contribution in [0.15, 0.2) is 18.2 Å². The Morgan fingerprint density at radius 2 is 1.94 bits per heavy atom. The molecule has 0 aromatic heterocycles. The lowest BCUT2D eigenvalue weighted by Gasteiger charge is -2.22. The number of hydrogen-bond donors (Lipinski definition) is 0. The predicted octanol–water partition coefficient (Wildman–Crippen LogP) is 3.61. The zero-order valence-corrected chi connectivity index (χ0v) is 11.0. The van der Waals surface area contributed by atoms with E-state index in [-0.39, 0.29) is 17.3 Å². The predicted molar refractivity (Wildman–Crippen MR) is 68.2 cm³/mol. The molecule has 0 radical (unpaired) electrons. The molecule has 1 aromatic rings. The monoisotopic (exact) mass is 232 g/mol. The summed E-state index contributed by atoms with van der Waals surface area (Å²) in [6.45, 7) is 8.46. The molecule has 0 aliphatic heterocycles. The second kappa shape index (κ2) is 4.17. The van der Waals surface area contributed by atoms with Gasteiger partial charge in [0, 0.05) is 5.56 Å². The summed E-state index contributed by atoms with van der Waals surface area (Å²) in [5.74, 6) is 0.795. The maximum Gasteiger partial charge on any atom is 0.314 e. The Kier molecular flexibility index (Phi) is 2.98. The van der Waals surface area contributed by atoms with Gasteiger partial charge in [-0.2, -0.15) is 0 Å². The van der Waals surface area contributed by atoms with Gasteiger partial charge in [-0.3, -0.25) is 4.79 Å². The van der Waals surface area contributed by atoms with E-state index >= 15 is 0 Å². The molecule has 17 heavy (non-hydrogen) atoms. The van der Waals surface area contributed by atoms with Crippen LogP contribution in [0.2, 0.25) is 0 Å². The Morgan fingerprint density at radius 3 is 2.47 bits per heavy atom. The smallest absolute Gasteiger partial charge is 0.314 e. The van der Waals surface area contributed by atoms with Crippen molar-refractivity contribution in [3.8, 4) is 5.75 Å². The molecule has 1 saturated carbocycles. The Bertz CT molecular complexity index is 437. The van der Waals surface area contributed by atoms with Gasteiger partial charge >= 0.3 is 5.97 Å². The molecule has 1 aliphatic carbocycles. The van der Waals surface area contributed by atoms with Crippen molar-refractivity contribution < 1.29 is 9.53 Å². The second-order valence-electron chi connectivity index (χ2n) is 5.94. The van der Waals surface area contributed by atoms with Gasteiger partial charge in [0.25, 0.3) is 0 Å². The highest BCUT2D eigenvalue weighted by Crippen LogP contribution is 2.35. The molecule has 0 N–H and O–H groups in total. The van der Waals surface area contributed by atoms with Gasteiger partial charge in [0.2, 0.25) is 0 Å². The fraction of sp³-hybridized carbons (Fsp3) is 0.533. The van der Waals surface area contributed by atoms with E-state index in [9.17, 15) is 4.79 Å². The molecule has 1 fully saturated rings. The van der Waals surface area contributed by atoms with Crippen molar-refractivity contribution in [3.05, 3.63) is 29.3 Å². The van der Waals surface area contributed by atoms with Gasteiger partial charge in [-0.05, 0) is 31.2 Å². The first-order valence-electron chi connectivity index (χ1n) is 6.21. The maximum absolute atomic E-state index is 11.7. The highest BCUT2D eigenvalue weighted by molar-refractivity contribution is 5.77. The number of ether oxygens (including phenoxy) is 1. The number of hydrogen-bond acceptors (Lipinski definition) is 2. The second-order valence-corrected chi connectivity index (χ2v) is 5.94. The summed E-state index contributed by atoms with van der Waals surface area (Å²) in [6, 6.07) is 6.01. The molecule has 92 valence electrons. The van der Waals surface area contributed by atoms with Crippen LogP contribution in [-0.4, -0.2) is 5.97 Å². The van der Waals surface area contributed by atoms with E-state index in [0.717, 1.165) is 24.2 Å². The van der Waals surface area contributed by atoms with Crippen molar-refractivity contribution in [2.45, 2.75) is 46.0 Å². The van der Waals surface area contributed by atoms with Gasteiger partial charge in [-0.15, -0.1) is 0 Å². The minimum Gasteiger partial charge on any atom is -0.426 e. The van der Waals surface area contributed by atoms with E-state index in [1.54, 1.807) is 0 Å². The van der Waals surface area contributed by atoms with Crippen LogP contribution in [0, 0.1) is 12.8 Å². The molecule has 0 saturated heterocycles. The summed E-state index contributed by atoms with van der Waals surface area (Å²) < 4.78 is 5.51. The van der Waals surface area contributed by atoms with Crippen LogP contribution >= 0.6 is 0 Å². The molecule has 0 bridgehead atoms. The quantitative estimate of drug-likeness (QED) is 0.575. The Balaban J connectivity index is 2.28. The number of aryl methyl sites for hydroxylation is 1. The minimum atomic E-state index is -0.0700. The highest BCUT2D eigenvalue weighted by Gasteiger charge is 2.32. The Labute approximate surface area is 103 Å². The van der Waals surface area contributed by atoms with Gasteiger partial charge in [-0.25, -0.2) is 0 Å². The number of esters is 1. The average Bonchev–Trinajstić information content (AvgIpc) is 3.02. The van der Waals surface area contributed by atoms with Crippen molar-refractivity contribution in [1.29, 1.82) is 0 Å². The van der Waals surface area contributed by atoms with Crippen LogP contribution in [0.5, 0.6) is 5.75 Å². The fourth-order valence-corrected chi connectivity index (χ4v) is 1.83. The lowest BCUT2D eigenvalue weighted by molar-refractivity contribution is -0.135. The first-order valence-corrected chi connectivity index (χ1v) is 6.21. The normalized spacial score (nSPS) is 15.8. The summed E-state index contributed by atoms with van der Waals surface area (Å²) in [4.78, 5) is 11.7. The summed E-state index contributed by atoms with van der Waals surface area (Å²) in [6.07, 6.45) is 1.96. The van der Waals surface area contributed by atoms with Crippen LogP contribution in [0.25, 0.3) is 0 Å². The Hall–Kier alpha value is -1.31. The summed E-state index contributed by atoms with van der Waals surface area (Å²) in [5.41, 5.74) is 2.29. The number of carbonyl (C=O) groups excluding carboxylic acids is 1. The van der Waals surface area contributed by atoms with Gasteiger partial charge in [0.15, 0.2) is 0 Å². The van der Waals surface area contributed by atoms with Gasteiger partial charge in [-0.1, -0.05) is 38.5 Å². The molecule has 0 amide bonds. The molecule has 2 nitrogen and oxygen atoms in total. The van der Waals surface area contributed by atoms with Gasteiger partial charge in [0.1, 0.15) is 5.75 Å². The van der Waals surface area contributed by atoms with Crippen LogP contribution in [0.1, 0.15) is 44.7 Å². The topological polar surface area (TPSA) is 26.3 Å². The molecule has 2 rings (SSSR count). The molecule has 0 spiro atoms. The van der Waals surface area contributed by atoms with Crippen molar-refractivity contribution >= 4 is 5.97 Å². The molecule has 0 heterocycles. The molecule has 0 unspecified atom stereocenters. The van der Waals surface area contributed by atoms with E-state index < -0.39 is 0 Å². The lowest BCUT2D eigenvalue weighted by atomic mass is 9.85. The van der Waals surface area contributed by atoms with Crippen LogP contribution in [-0.2, 0) is 10.2 Å². The van der Waals surface area contributed by atoms with E-state index in [2.05, 4.69) is 33.8 Å². The maximum atomic E-state index is 11.7. The molecule has 1 aromatic carbocycles. The standard InChI is InChI=1S/C15H20O2/c1-10-5-8-13(12(9-10)15(2,3)4)17-14(16)11-6-7-11/h5,8-9,11H,6-7H2,1-4H3. The first kappa shape index (κ1) is 12.2. The van der Waals surface area contributed by atoms with Crippen LogP contribution < -0.4 is 4.74 Å². The lowest BCUT2D eigenvalue weighted by Crippen LogP contribution is -2.17. The third kappa shape index (κ3) is 2.87. The van der Waals surface area contributed by atoms with Crippen molar-refractivity contribution in [3.63, 3.8) is 0 Å². The molecular weight excluding hydrogens is 212 g/mol. The van der Waals surface area contributed by atoms with Gasteiger partial charge < -0.3 is 4.74 Å². The first-order chi connectivity index (χ1) is 7.88. The van der Waals surface area contributed by atoms with Crippen molar-refractivity contribution in [2.24, 2.45) is 5.92 Å². The van der Waals surface area contributed by atoms with Crippen LogP contribution in [0.3, 0.4) is 0 Å². The average molecular weight is 232 g/mol. The highest BCUT2D eigenvalue weighted by atomic mass is 16.5. The molecule has 1 aliphatic rings. The van der Waals surface area contributed by atoms with E-state index in [1.807, 2.05) is 12.1 Å². The Morgan fingerprint density at radius 1 is 1.29 bits per heavy atom. The molecular formula is C15H20O2. The third-order valence-electron chi connectivity index (χ3n) is 3.06. The summed E-state index contributed by atoms with van der Waals surface area (Å²) in [7, 11) is 0. The molecule has 0 atom stereocenters. The fourth-order valence-electron chi connectivity index (χ4n) is 1.83. The number of benzene rings is 1. The summed E-state index contributed by atoms with van der Waals surface area (Å²) in [5, 5.41) is 0. The van der Waals surface area contributed by atoms with E-state index in [0.29, 0.717) is 0 Å². The van der Waals surface area contributed by atoms with E-state index in [1.165, 1.54) is 5.56 Å². The third-order valence-corrected chi connectivity index (χ3v) is 3.06. The number of rotatable bonds is 2. The van der Waals surface area contributed by atoms with Crippen molar-refractivity contribution in [1.82, 2.24) is 0 Å². The molecule has 2 heteroatoms. The van der Waals surface area contributed by atoms with Gasteiger partial charge in [0.05, 0.1) is 5.92 Å². The summed E-state index contributed by atoms with van der Waals surface area (Å²) >= 11 is 0. The largest absolute Gasteiger partial charge is 0.426 e. The van der Waals surface area contributed by atoms with E-state index in [4.69, 9.17) is 4.74 Å². The number of carbonyl (C=O) groups is 1. The van der Waals surface area contributed by atoms with Crippen LogP contribution in [0.4, 0.5) is 0 Å². The zero-order chi connectivity index (χ0) is 12.6. The zero-order valence-electron chi connectivity index (χ0n) is 11.0. The van der Waals surface area contributed by atoms with Crippen molar-refractivity contribution in [2.75, 3.05) is 0 Å².